The highest BCUT2D eigenvalue weighted by Gasteiger charge is 2.31. The number of nitrogens with zero attached hydrogens (tertiary/aromatic N) is 4. The fraction of sp³-hybridized carbons (Fsp3) is 0.595. The first-order chi connectivity index (χ1) is 21.9. The van der Waals surface area contributed by atoms with E-state index in [1.165, 1.54) is 57.8 Å². The van der Waals surface area contributed by atoms with E-state index in [1.807, 2.05) is 43.3 Å². The lowest BCUT2D eigenvalue weighted by Gasteiger charge is -2.35. The van der Waals surface area contributed by atoms with Crippen LogP contribution in [0.4, 0.5) is 17.1 Å². The summed E-state index contributed by atoms with van der Waals surface area (Å²) < 4.78 is 5.70. The molecule has 0 N–H and O–H groups in total. The number of hydrogen-bond donors (Lipinski definition) is 0. The molecule has 8 heteroatoms. The van der Waals surface area contributed by atoms with Crippen LogP contribution in [0.25, 0.3) is 0 Å². The van der Waals surface area contributed by atoms with Crippen LogP contribution in [0, 0.1) is 0 Å². The topological polar surface area (TPSA) is 65.5 Å². The number of amides is 1. The van der Waals surface area contributed by atoms with E-state index in [4.69, 9.17) is 21.3 Å². The normalized spacial score (nSPS) is 15.6. The number of fused-ring (bicyclic) bond motifs is 2. The fourth-order valence-electron chi connectivity index (χ4n) is 6.18. The average molecular weight is 637 g/mol. The van der Waals surface area contributed by atoms with Gasteiger partial charge in [0.25, 0.3) is 0 Å². The third-order valence-corrected chi connectivity index (χ3v) is 9.16. The predicted molar refractivity (Wildman–Crippen MR) is 186 cm³/mol. The largest absolute Gasteiger partial charge is 0.463 e. The number of esters is 1. The van der Waals surface area contributed by atoms with Crippen molar-refractivity contribution in [3.05, 3.63) is 53.1 Å². The molecule has 7 nitrogen and oxygen atoms in total. The summed E-state index contributed by atoms with van der Waals surface area (Å²) >= 11 is 6.42. The first-order valence-electron chi connectivity index (χ1n) is 17.3. The van der Waals surface area contributed by atoms with Crippen LogP contribution < -0.4 is 4.90 Å². The van der Waals surface area contributed by atoms with E-state index in [1.54, 1.807) is 11.0 Å². The smallest absolute Gasteiger partial charge is 0.306 e. The number of unbranched alkanes of at least 4 members (excludes halogenated alkanes) is 10. The summed E-state index contributed by atoms with van der Waals surface area (Å²) in [5.41, 5.74) is 3.12. The first kappa shape index (κ1) is 35.0. The van der Waals surface area contributed by atoms with Crippen LogP contribution >= 0.6 is 11.6 Å². The molecule has 2 aliphatic heterocycles. The van der Waals surface area contributed by atoms with Crippen molar-refractivity contribution in [1.82, 2.24) is 9.80 Å². The summed E-state index contributed by atoms with van der Waals surface area (Å²) in [7, 11) is 2.13. The van der Waals surface area contributed by atoms with Gasteiger partial charge in [-0.05, 0) is 57.1 Å². The second-order valence-corrected chi connectivity index (χ2v) is 13.2. The number of ether oxygens (including phenoxy) is 1. The highest BCUT2D eigenvalue weighted by atomic mass is 35.5. The van der Waals surface area contributed by atoms with Crippen molar-refractivity contribution in [3.63, 3.8) is 0 Å². The van der Waals surface area contributed by atoms with E-state index in [0.29, 0.717) is 29.2 Å². The van der Waals surface area contributed by atoms with Gasteiger partial charge in [0, 0.05) is 49.6 Å². The molecule has 2 heterocycles. The third-order valence-electron chi connectivity index (χ3n) is 8.92. The maximum Gasteiger partial charge on any atom is 0.306 e. The van der Waals surface area contributed by atoms with Crippen LogP contribution in [0.2, 0.25) is 5.02 Å². The molecule has 0 radical (unpaired) electrons. The van der Waals surface area contributed by atoms with Gasteiger partial charge in [0.05, 0.1) is 23.2 Å². The molecule has 2 aromatic carbocycles. The van der Waals surface area contributed by atoms with Gasteiger partial charge in [-0.25, -0.2) is 4.99 Å². The van der Waals surface area contributed by atoms with Crippen molar-refractivity contribution in [2.45, 2.75) is 110 Å². The number of hydrogen-bond acceptors (Lipinski definition) is 6. The SMILES string of the molecule is CCCCCCCCCCCCCC(=O)OC(C)CCC(=O)N1c2ccc(Cl)cc2N=C(N2CCN(C)CC2)c2ccccc21. The first-order valence-corrected chi connectivity index (χ1v) is 17.7. The summed E-state index contributed by atoms with van der Waals surface area (Å²) in [6.07, 6.45) is 14.5. The molecule has 246 valence electrons. The Balaban J connectivity index is 1.29. The predicted octanol–water partition coefficient (Wildman–Crippen LogP) is 9.06. The Bertz CT molecular complexity index is 1270. The van der Waals surface area contributed by atoms with Gasteiger partial charge in [-0.3, -0.25) is 14.5 Å². The molecular weight excluding hydrogens is 584 g/mol. The molecule has 0 bridgehead atoms. The Morgan fingerprint density at radius 3 is 2.18 bits per heavy atom. The summed E-state index contributed by atoms with van der Waals surface area (Å²) in [6.45, 7) is 7.74. The molecule has 1 saturated heterocycles. The van der Waals surface area contributed by atoms with Gasteiger partial charge < -0.3 is 14.5 Å². The van der Waals surface area contributed by atoms with Crippen molar-refractivity contribution < 1.29 is 14.3 Å². The molecule has 0 aliphatic carbocycles. The van der Waals surface area contributed by atoms with Crippen molar-refractivity contribution in [1.29, 1.82) is 0 Å². The number of halogens is 1. The molecule has 0 spiro atoms. The van der Waals surface area contributed by atoms with Gasteiger partial charge in [-0.1, -0.05) is 94.9 Å². The molecule has 2 aromatic rings. The van der Waals surface area contributed by atoms with Crippen LogP contribution in [-0.4, -0.2) is 66.8 Å². The maximum absolute atomic E-state index is 13.9. The summed E-state index contributed by atoms with van der Waals surface area (Å²) in [5, 5.41) is 0.576. The minimum Gasteiger partial charge on any atom is -0.463 e. The third kappa shape index (κ3) is 10.6. The monoisotopic (exact) mass is 636 g/mol. The van der Waals surface area contributed by atoms with E-state index < -0.39 is 0 Å². The van der Waals surface area contributed by atoms with Crippen molar-refractivity contribution >= 4 is 46.4 Å². The zero-order chi connectivity index (χ0) is 32.0. The van der Waals surface area contributed by atoms with Crippen LogP contribution in [-0.2, 0) is 14.3 Å². The number of amidine groups is 1. The molecule has 45 heavy (non-hydrogen) atoms. The lowest BCUT2D eigenvalue weighted by molar-refractivity contribution is -0.149. The van der Waals surface area contributed by atoms with Gasteiger partial charge in [0.1, 0.15) is 5.84 Å². The molecule has 0 aromatic heterocycles. The summed E-state index contributed by atoms with van der Waals surface area (Å²) in [4.78, 5) is 37.9. The lowest BCUT2D eigenvalue weighted by Crippen LogP contribution is -2.47. The minimum atomic E-state index is -0.335. The van der Waals surface area contributed by atoms with Gasteiger partial charge in [0.15, 0.2) is 0 Å². The van der Waals surface area contributed by atoms with Crippen molar-refractivity contribution in [3.8, 4) is 0 Å². The standard InChI is InChI=1S/C37H53ClN4O3/c1-4-5-6-7-8-9-10-11-12-13-14-19-36(44)45-29(2)20-23-35(43)42-33-18-16-15-17-31(33)37(41-26-24-40(3)25-27-41)39-32-28-30(38)21-22-34(32)42/h15-18,21-22,28-29H,4-14,19-20,23-27H2,1-3H3. The summed E-state index contributed by atoms with van der Waals surface area (Å²) in [6, 6.07) is 13.5. The second kappa shape index (κ2) is 18.3. The highest BCUT2D eigenvalue weighted by Crippen LogP contribution is 2.42. The van der Waals surface area contributed by atoms with Crippen LogP contribution in [0.3, 0.4) is 0 Å². The number of carbonyl (C=O) groups is 2. The van der Waals surface area contributed by atoms with Gasteiger partial charge in [-0.15, -0.1) is 0 Å². The molecule has 1 atom stereocenters. The van der Waals surface area contributed by atoms with E-state index >= 15 is 0 Å². The second-order valence-electron chi connectivity index (χ2n) is 12.7. The lowest BCUT2D eigenvalue weighted by atomic mass is 10.1. The zero-order valence-corrected chi connectivity index (χ0v) is 28.5. The van der Waals surface area contributed by atoms with Crippen molar-refractivity contribution in [2.75, 3.05) is 38.1 Å². The Hall–Kier alpha value is -2.90. The number of rotatable bonds is 16. The van der Waals surface area contributed by atoms with Crippen LogP contribution in [0.15, 0.2) is 47.5 Å². The Kier molecular flexibility index (Phi) is 14.2. The number of anilines is 2. The Morgan fingerprint density at radius 1 is 0.844 bits per heavy atom. The van der Waals surface area contributed by atoms with Crippen LogP contribution in [0.1, 0.15) is 109 Å². The Labute approximate surface area is 276 Å². The van der Waals surface area contributed by atoms with Gasteiger partial charge in [-0.2, -0.15) is 0 Å². The Morgan fingerprint density at radius 2 is 1.49 bits per heavy atom. The van der Waals surface area contributed by atoms with Crippen molar-refractivity contribution in [2.24, 2.45) is 4.99 Å². The average Bonchev–Trinajstić information content (AvgIpc) is 3.17. The molecule has 0 saturated carbocycles. The van der Waals surface area contributed by atoms with Gasteiger partial charge >= 0.3 is 5.97 Å². The van der Waals surface area contributed by atoms with Crippen LogP contribution in [0.5, 0.6) is 0 Å². The minimum absolute atomic E-state index is 0.0610. The molecule has 4 rings (SSSR count). The summed E-state index contributed by atoms with van der Waals surface area (Å²) in [5.74, 6) is 0.632. The number of aliphatic imine (C=N–C) groups is 1. The number of likely N-dealkylation sites (N-methyl/N-ethyl adjacent to an activating group) is 1. The van der Waals surface area contributed by atoms with E-state index in [0.717, 1.165) is 56.1 Å². The molecule has 1 fully saturated rings. The number of piperazine rings is 1. The quantitative estimate of drug-likeness (QED) is 0.136. The number of carbonyl (C=O) groups excluding carboxylic acids is 2. The van der Waals surface area contributed by atoms with E-state index in [9.17, 15) is 9.59 Å². The van der Waals surface area contributed by atoms with E-state index in [2.05, 4.69) is 23.8 Å². The van der Waals surface area contributed by atoms with Gasteiger partial charge in [0.2, 0.25) is 5.91 Å². The fourth-order valence-corrected chi connectivity index (χ4v) is 6.35. The maximum atomic E-state index is 13.9. The molecule has 1 unspecified atom stereocenters. The van der Waals surface area contributed by atoms with E-state index in [-0.39, 0.29) is 24.4 Å². The number of benzene rings is 2. The molecule has 1 amide bonds. The number of para-hydroxylation sites is 1. The highest BCUT2D eigenvalue weighted by molar-refractivity contribution is 6.31. The molecular formula is C37H53ClN4O3. The zero-order valence-electron chi connectivity index (χ0n) is 27.7. The molecule has 2 aliphatic rings.